The quantitative estimate of drug-likeness (QED) is 0.618. The Morgan fingerprint density at radius 2 is 2.14 bits per heavy atom. The molecule has 0 aliphatic carbocycles. The highest BCUT2D eigenvalue weighted by atomic mass is 32.1. The monoisotopic (exact) mass is 398 g/mol. The summed E-state index contributed by atoms with van der Waals surface area (Å²) in [4.78, 5) is 34.4. The molecule has 2 heterocycles. The summed E-state index contributed by atoms with van der Waals surface area (Å²) in [6.07, 6.45) is 2.41. The number of benzene rings is 1. The van der Waals surface area contributed by atoms with E-state index in [0.29, 0.717) is 47.4 Å². The molecule has 3 rings (SSSR count). The van der Waals surface area contributed by atoms with Gasteiger partial charge in [0.2, 0.25) is 0 Å². The maximum atomic E-state index is 12.8. The SMILES string of the molecule is COCCn1c(=S)[nH]c2cc(C(=O)N(C)CCc3ccccn3)ccc2c1=O. The van der Waals surface area contributed by atoms with Crippen LogP contribution in [0, 0.1) is 4.77 Å². The van der Waals surface area contributed by atoms with Gasteiger partial charge < -0.3 is 14.6 Å². The second-order valence-electron chi connectivity index (χ2n) is 6.44. The molecule has 0 radical (unpaired) electrons. The number of rotatable bonds is 7. The fraction of sp³-hybridized carbons (Fsp3) is 0.300. The molecule has 0 atom stereocenters. The maximum absolute atomic E-state index is 12.8. The fourth-order valence-electron chi connectivity index (χ4n) is 2.92. The molecule has 0 bridgehead atoms. The number of aromatic amines is 1. The Morgan fingerprint density at radius 1 is 1.32 bits per heavy atom. The third-order valence-electron chi connectivity index (χ3n) is 4.52. The van der Waals surface area contributed by atoms with Gasteiger partial charge in [0, 0.05) is 44.6 Å². The average Bonchev–Trinajstić information content (AvgIpc) is 2.71. The number of hydrogen-bond donors (Lipinski definition) is 1. The minimum absolute atomic E-state index is 0.124. The lowest BCUT2D eigenvalue weighted by Gasteiger charge is -2.17. The fourth-order valence-corrected chi connectivity index (χ4v) is 3.21. The molecule has 1 N–H and O–H groups in total. The number of hydrogen-bond acceptors (Lipinski definition) is 5. The number of methoxy groups -OCH3 is 1. The van der Waals surface area contributed by atoms with Gasteiger partial charge in [-0.25, -0.2) is 0 Å². The normalized spacial score (nSPS) is 10.9. The molecule has 0 fully saturated rings. The van der Waals surface area contributed by atoms with Gasteiger partial charge in [-0.2, -0.15) is 0 Å². The van der Waals surface area contributed by atoms with Crippen LogP contribution in [-0.4, -0.2) is 52.7 Å². The summed E-state index contributed by atoms with van der Waals surface area (Å²) in [6, 6.07) is 10.7. The summed E-state index contributed by atoms with van der Waals surface area (Å²) in [7, 11) is 3.32. The van der Waals surface area contributed by atoms with Crippen molar-refractivity contribution in [2.75, 3.05) is 27.3 Å². The van der Waals surface area contributed by atoms with Crippen molar-refractivity contribution < 1.29 is 9.53 Å². The predicted molar refractivity (Wildman–Crippen MR) is 110 cm³/mol. The third kappa shape index (κ3) is 4.35. The molecule has 7 nitrogen and oxygen atoms in total. The molecule has 0 aliphatic heterocycles. The standard InChI is InChI=1S/C20H22N4O3S/c1-23(10-8-15-5-3-4-9-21-15)18(25)14-6-7-16-17(13-14)22-20(28)24(19(16)26)11-12-27-2/h3-7,9,13H,8,10-12H2,1-2H3,(H,22,28). The summed E-state index contributed by atoms with van der Waals surface area (Å²) in [5.74, 6) is -0.124. The lowest BCUT2D eigenvalue weighted by Crippen LogP contribution is -2.29. The van der Waals surface area contributed by atoms with Crippen LogP contribution in [0.25, 0.3) is 10.9 Å². The number of fused-ring (bicyclic) bond motifs is 1. The smallest absolute Gasteiger partial charge is 0.262 e. The maximum Gasteiger partial charge on any atom is 0.262 e. The van der Waals surface area contributed by atoms with E-state index in [-0.39, 0.29) is 11.5 Å². The molecule has 8 heteroatoms. The number of carbonyl (C=O) groups is 1. The van der Waals surface area contributed by atoms with Crippen LogP contribution in [0.15, 0.2) is 47.4 Å². The van der Waals surface area contributed by atoms with E-state index >= 15 is 0 Å². The number of amides is 1. The average molecular weight is 398 g/mol. The van der Waals surface area contributed by atoms with E-state index in [9.17, 15) is 9.59 Å². The van der Waals surface area contributed by atoms with Gasteiger partial charge in [-0.15, -0.1) is 0 Å². The first-order chi connectivity index (χ1) is 13.5. The highest BCUT2D eigenvalue weighted by molar-refractivity contribution is 7.71. The van der Waals surface area contributed by atoms with Gasteiger partial charge in [-0.3, -0.25) is 19.1 Å². The lowest BCUT2D eigenvalue weighted by atomic mass is 10.1. The first kappa shape index (κ1) is 19.9. The minimum Gasteiger partial charge on any atom is -0.383 e. The summed E-state index contributed by atoms with van der Waals surface area (Å²) < 4.78 is 6.79. The number of likely N-dealkylation sites (N-methyl/N-ethyl adjacent to an activating group) is 1. The summed E-state index contributed by atoms with van der Waals surface area (Å²) in [5.41, 5.74) is 1.78. The van der Waals surface area contributed by atoms with E-state index in [1.807, 2.05) is 18.2 Å². The van der Waals surface area contributed by atoms with Gasteiger partial charge in [0.05, 0.1) is 24.1 Å². The second kappa shape index (κ2) is 8.90. The van der Waals surface area contributed by atoms with Gasteiger partial charge in [0.1, 0.15) is 0 Å². The van der Waals surface area contributed by atoms with Gasteiger partial charge in [0.15, 0.2) is 4.77 Å². The molecular weight excluding hydrogens is 376 g/mol. The zero-order valence-corrected chi connectivity index (χ0v) is 16.7. The molecule has 146 valence electrons. The molecule has 0 aliphatic rings. The summed E-state index contributed by atoms with van der Waals surface area (Å²) >= 11 is 5.29. The zero-order valence-electron chi connectivity index (χ0n) is 15.8. The number of ether oxygens (including phenoxy) is 1. The van der Waals surface area contributed by atoms with Crippen LogP contribution in [0.3, 0.4) is 0 Å². The van der Waals surface area contributed by atoms with Crippen molar-refractivity contribution in [3.8, 4) is 0 Å². The Balaban J connectivity index is 1.82. The van der Waals surface area contributed by atoms with E-state index in [2.05, 4.69) is 9.97 Å². The van der Waals surface area contributed by atoms with Crippen molar-refractivity contribution in [2.24, 2.45) is 0 Å². The number of nitrogens with zero attached hydrogens (tertiary/aromatic N) is 3. The molecule has 0 saturated carbocycles. The van der Waals surface area contributed by atoms with E-state index in [1.54, 1.807) is 43.5 Å². The first-order valence-electron chi connectivity index (χ1n) is 8.92. The summed E-state index contributed by atoms with van der Waals surface area (Å²) in [5, 5.41) is 0.484. The Bertz CT molecular complexity index is 1090. The third-order valence-corrected chi connectivity index (χ3v) is 4.85. The Labute approximate surface area is 167 Å². The van der Waals surface area contributed by atoms with E-state index in [4.69, 9.17) is 17.0 Å². The van der Waals surface area contributed by atoms with Crippen molar-refractivity contribution in [3.05, 3.63) is 69.0 Å². The molecule has 1 amide bonds. The first-order valence-corrected chi connectivity index (χ1v) is 9.33. The van der Waals surface area contributed by atoms with Crippen LogP contribution >= 0.6 is 12.2 Å². The molecule has 28 heavy (non-hydrogen) atoms. The van der Waals surface area contributed by atoms with Crippen LogP contribution < -0.4 is 5.56 Å². The molecular formula is C20H22N4O3S. The topological polar surface area (TPSA) is 80.2 Å². The lowest BCUT2D eigenvalue weighted by molar-refractivity contribution is 0.0796. The van der Waals surface area contributed by atoms with Crippen LogP contribution in [0.2, 0.25) is 0 Å². The molecule has 1 aromatic carbocycles. The molecule has 0 spiro atoms. The van der Waals surface area contributed by atoms with Crippen LogP contribution in [0.1, 0.15) is 16.1 Å². The van der Waals surface area contributed by atoms with E-state index < -0.39 is 0 Å². The number of nitrogens with one attached hydrogen (secondary N) is 1. The van der Waals surface area contributed by atoms with Gasteiger partial charge >= 0.3 is 0 Å². The molecule has 3 aromatic rings. The van der Waals surface area contributed by atoms with E-state index in [0.717, 1.165) is 5.69 Å². The van der Waals surface area contributed by atoms with Crippen molar-refractivity contribution in [3.63, 3.8) is 0 Å². The minimum atomic E-state index is -0.196. The Kier molecular flexibility index (Phi) is 6.33. The van der Waals surface area contributed by atoms with Gasteiger partial charge in [-0.1, -0.05) is 6.07 Å². The summed E-state index contributed by atoms with van der Waals surface area (Å²) in [6.45, 7) is 1.31. The molecule has 0 saturated heterocycles. The van der Waals surface area contributed by atoms with Crippen molar-refractivity contribution in [2.45, 2.75) is 13.0 Å². The highest BCUT2D eigenvalue weighted by Crippen LogP contribution is 2.13. The predicted octanol–water partition coefficient (Wildman–Crippen LogP) is 2.42. The number of pyridine rings is 1. The van der Waals surface area contributed by atoms with Crippen LogP contribution in [-0.2, 0) is 17.7 Å². The van der Waals surface area contributed by atoms with Gasteiger partial charge in [-0.05, 0) is 42.5 Å². The van der Waals surface area contributed by atoms with Crippen molar-refractivity contribution in [1.29, 1.82) is 0 Å². The van der Waals surface area contributed by atoms with Gasteiger partial charge in [0.25, 0.3) is 11.5 Å². The van der Waals surface area contributed by atoms with E-state index in [1.165, 1.54) is 4.57 Å². The Morgan fingerprint density at radius 3 is 2.86 bits per heavy atom. The zero-order chi connectivity index (χ0) is 20.1. The highest BCUT2D eigenvalue weighted by Gasteiger charge is 2.14. The number of aromatic nitrogens is 3. The van der Waals surface area contributed by atoms with Crippen LogP contribution in [0.4, 0.5) is 0 Å². The number of carbonyl (C=O) groups excluding carboxylic acids is 1. The van der Waals surface area contributed by atoms with Crippen LogP contribution in [0.5, 0.6) is 0 Å². The molecule has 2 aromatic heterocycles. The second-order valence-corrected chi connectivity index (χ2v) is 6.82. The molecule has 0 unspecified atom stereocenters. The Hall–Kier alpha value is -2.84. The van der Waals surface area contributed by atoms with Crippen molar-refractivity contribution >= 4 is 29.0 Å². The largest absolute Gasteiger partial charge is 0.383 e. The van der Waals surface area contributed by atoms with Crippen molar-refractivity contribution in [1.82, 2.24) is 19.4 Å². The number of H-pyrrole nitrogens is 1.